The number of aliphatic hydroxyl groups excluding tert-OH is 1. The van der Waals surface area contributed by atoms with Gasteiger partial charge in [-0.25, -0.2) is 4.98 Å². The summed E-state index contributed by atoms with van der Waals surface area (Å²) >= 11 is 0. The van der Waals surface area contributed by atoms with Gasteiger partial charge < -0.3 is 14.7 Å². The number of para-hydroxylation sites is 1. The third-order valence-electron chi connectivity index (χ3n) is 4.38. The van der Waals surface area contributed by atoms with Gasteiger partial charge in [0.25, 0.3) is 0 Å². The molecule has 0 unspecified atom stereocenters. The second kappa shape index (κ2) is 8.27. The zero-order chi connectivity index (χ0) is 17.6. The number of hydrogen-bond donors (Lipinski definition) is 1. The quantitative estimate of drug-likeness (QED) is 0.861. The van der Waals surface area contributed by atoms with Crippen molar-refractivity contribution in [3.8, 4) is 5.75 Å². The second-order valence-corrected chi connectivity index (χ2v) is 6.49. The summed E-state index contributed by atoms with van der Waals surface area (Å²) in [5, 5.41) is 10.2. The molecule has 1 saturated heterocycles. The van der Waals surface area contributed by atoms with Crippen LogP contribution in [0.5, 0.6) is 5.75 Å². The normalized spacial score (nSPS) is 16.7. The molecular formula is C19H26N4O2. The van der Waals surface area contributed by atoms with E-state index in [1.807, 2.05) is 44.2 Å². The van der Waals surface area contributed by atoms with Gasteiger partial charge in [0.1, 0.15) is 24.3 Å². The van der Waals surface area contributed by atoms with Gasteiger partial charge in [-0.2, -0.15) is 0 Å². The zero-order valence-corrected chi connectivity index (χ0v) is 14.9. The molecule has 25 heavy (non-hydrogen) atoms. The van der Waals surface area contributed by atoms with Gasteiger partial charge in [-0.1, -0.05) is 18.2 Å². The van der Waals surface area contributed by atoms with Crippen molar-refractivity contribution in [3.63, 3.8) is 0 Å². The molecule has 0 radical (unpaired) electrons. The first-order valence-electron chi connectivity index (χ1n) is 8.75. The Hall–Kier alpha value is -2.18. The van der Waals surface area contributed by atoms with E-state index < -0.39 is 6.10 Å². The van der Waals surface area contributed by atoms with Crippen molar-refractivity contribution in [2.75, 3.05) is 44.2 Å². The SMILES string of the molecule is Cc1cnc(C)c(N2CCN(C[C@H](O)COc3ccccc3)CC2)n1. The Morgan fingerprint density at radius 1 is 1.12 bits per heavy atom. The standard InChI is InChI=1S/C19H26N4O2/c1-15-12-20-16(2)19(21-15)23-10-8-22(9-11-23)13-17(24)14-25-18-6-4-3-5-7-18/h3-7,12,17,24H,8-11,13-14H2,1-2H3/t17-/m0/s1. The summed E-state index contributed by atoms with van der Waals surface area (Å²) in [5.74, 6) is 1.77. The number of piperazine rings is 1. The van der Waals surface area contributed by atoms with E-state index in [2.05, 4.69) is 19.8 Å². The molecule has 1 fully saturated rings. The summed E-state index contributed by atoms with van der Waals surface area (Å²) in [5.41, 5.74) is 1.91. The first-order valence-corrected chi connectivity index (χ1v) is 8.75. The van der Waals surface area contributed by atoms with E-state index in [9.17, 15) is 5.11 Å². The fourth-order valence-corrected chi connectivity index (χ4v) is 3.03. The van der Waals surface area contributed by atoms with Crippen molar-refractivity contribution in [1.29, 1.82) is 0 Å². The molecule has 1 atom stereocenters. The van der Waals surface area contributed by atoms with Crippen molar-refractivity contribution >= 4 is 5.82 Å². The molecule has 0 spiro atoms. The van der Waals surface area contributed by atoms with Gasteiger partial charge in [-0.15, -0.1) is 0 Å². The number of aliphatic hydroxyl groups is 1. The maximum Gasteiger partial charge on any atom is 0.150 e. The average Bonchev–Trinajstić information content (AvgIpc) is 2.64. The number of nitrogens with zero attached hydrogens (tertiary/aromatic N) is 4. The summed E-state index contributed by atoms with van der Waals surface area (Å²) in [6.07, 6.45) is 1.31. The third-order valence-corrected chi connectivity index (χ3v) is 4.38. The van der Waals surface area contributed by atoms with E-state index in [1.165, 1.54) is 0 Å². The van der Waals surface area contributed by atoms with Crippen molar-refractivity contribution in [1.82, 2.24) is 14.9 Å². The van der Waals surface area contributed by atoms with Crippen molar-refractivity contribution in [3.05, 3.63) is 47.9 Å². The van der Waals surface area contributed by atoms with Gasteiger partial charge in [-0.3, -0.25) is 9.88 Å². The van der Waals surface area contributed by atoms with E-state index in [0.717, 1.165) is 49.1 Å². The Morgan fingerprint density at radius 2 is 1.84 bits per heavy atom. The number of hydrogen-bond acceptors (Lipinski definition) is 6. The molecule has 2 heterocycles. The highest BCUT2D eigenvalue weighted by Gasteiger charge is 2.21. The Labute approximate surface area is 149 Å². The number of β-amino-alcohol motifs (C(OH)–C–C–N with tert-alkyl or cyclic N) is 1. The first kappa shape index (κ1) is 17.6. The number of anilines is 1. The summed E-state index contributed by atoms with van der Waals surface area (Å²) in [6.45, 7) is 8.49. The highest BCUT2D eigenvalue weighted by atomic mass is 16.5. The van der Waals surface area contributed by atoms with Crippen molar-refractivity contribution in [2.45, 2.75) is 20.0 Å². The number of benzene rings is 1. The number of aromatic nitrogens is 2. The number of ether oxygens (including phenoxy) is 1. The molecule has 1 aromatic carbocycles. The molecule has 1 N–H and O–H groups in total. The largest absolute Gasteiger partial charge is 0.491 e. The molecule has 6 nitrogen and oxygen atoms in total. The van der Waals surface area contributed by atoms with Crippen LogP contribution in [0, 0.1) is 13.8 Å². The minimum Gasteiger partial charge on any atom is -0.491 e. The van der Waals surface area contributed by atoms with E-state index in [-0.39, 0.29) is 0 Å². The molecule has 2 aromatic rings. The summed E-state index contributed by atoms with van der Waals surface area (Å²) < 4.78 is 5.62. The molecule has 0 aliphatic carbocycles. The monoisotopic (exact) mass is 342 g/mol. The lowest BCUT2D eigenvalue weighted by molar-refractivity contribution is 0.0662. The van der Waals surface area contributed by atoms with Crippen molar-refractivity contribution in [2.24, 2.45) is 0 Å². The van der Waals surface area contributed by atoms with Crippen LogP contribution in [0.1, 0.15) is 11.4 Å². The van der Waals surface area contributed by atoms with Gasteiger partial charge in [0.15, 0.2) is 0 Å². The Bertz CT molecular complexity index is 672. The van der Waals surface area contributed by atoms with Gasteiger partial charge in [0.2, 0.25) is 0 Å². The van der Waals surface area contributed by atoms with Gasteiger partial charge in [0.05, 0.1) is 11.4 Å². The minimum absolute atomic E-state index is 0.312. The van der Waals surface area contributed by atoms with Crippen LogP contribution in [0.2, 0.25) is 0 Å². The summed E-state index contributed by atoms with van der Waals surface area (Å²) in [6, 6.07) is 9.60. The van der Waals surface area contributed by atoms with Gasteiger partial charge >= 0.3 is 0 Å². The van der Waals surface area contributed by atoms with E-state index in [0.29, 0.717) is 13.2 Å². The highest BCUT2D eigenvalue weighted by molar-refractivity contribution is 5.43. The van der Waals surface area contributed by atoms with Gasteiger partial charge in [-0.05, 0) is 26.0 Å². The molecule has 6 heteroatoms. The highest BCUT2D eigenvalue weighted by Crippen LogP contribution is 2.17. The smallest absolute Gasteiger partial charge is 0.150 e. The molecule has 1 aliphatic rings. The topological polar surface area (TPSA) is 61.7 Å². The van der Waals surface area contributed by atoms with Crippen LogP contribution in [0.3, 0.4) is 0 Å². The van der Waals surface area contributed by atoms with Crippen LogP contribution in [0.4, 0.5) is 5.82 Å². The lowest BCUT2D eigenvalue weighted by Crippen LogP contribution is -2.49. The predicted octanol–water partition coefficient (Wildman–Crippen LogP) is 1.66. The van der Waals surface area contributed by atoms with Crippen LogP contribution >= 0.6 is 0 Å². The summed E-state index contributed by atoms with van der Waals surface area (Å²) in [4.78, 5) is 13.6. The zero-order valence-electron chi connectivity index (χ0n) is 14.9. The first-order chi connectivity index (χ1) is 12.1. The molecule has 134 valence electrons. The molecule has 3 rings (SSSR count). The number of aryl methyl sites for hydroxylation is 2. The van der Waals surface area contributed by atoms with Crippen LogP contribution in [-0.4, -0.2) is 65.4 Å². The Kier molecular flexibility index (Phi) is 5.83. The molecule has 0 bridgehead atoms. The lowest BCUT2D eigenvalue weighted by Gasteiger charge is -2.36. The fourth-order valence-electron chi connectivity index (χ4n) is 3.03. The summed E-state index contributed by atoms with van der Waals surface area (Å²) in [7, 11) is 0. The van der Waals surface area contributed by atoms with Gasteiger partial charge in [0, 0.05) is 38.9 Å². The fraction of sp³-hybridized carbons (Fsp3) is 0.474. The lowest BCUT2D eigenvalue weighted by atomic mass is 10.2. The van der Waals surface area contributed by atoms with Crippen LogP contribution in [0.15, 0.2) is 36.5 Å². The van der Waals surface area contributed by atoms with Crippen LogP contribution in [-0.2, 0) is 0 Å². The van der Waals surface area contributed by atoms with E-state index in [4.69, 9.17) is 4.74 Å². The Morgan fingerprint density at radius 3 is 2.56 bits per heavy atom. The van der Waals surface area contributed by atoms with Crippen LogP contribution in [0.25, 0.3) is 0 Å². The molecule has 1 aliphatic heterocycles. The second-order valence-electron chi connectivity index (χ2n) is 6.49. The average molecular weight is 342 g/mol. The molecule has 0 saturated carbocycles. The predicted molar refractivity (Wildman–Crippen MR) is 98.1 cm³/mol. The van der Waals surface area contributed by atoms with E-state index >= 15 is 0 Å². The maximum atomic E-state index is 10.2. The van der Waals surface area contributed by atoms with Crippen LogP contribution < -0.4 is 9.64 Å². The molecular weight excluding hydrogens is 316 g/mol. The third kappa shape index (κ3) is 4.90. The molecule has 0 amide bonds. The van der Waals surface area contributed by atoms with E-state index in [1.54, 1.807) is 6.20 Å². The van der Waals surface area contributed by atoms with Crippen molar-refractivity contribution < 1.29 is 9.84 Å². The minimum atomic E-state index is -0.493. The number of rotatable bonds is 6. The maximum absolute atomic E-state index is 10.2. The molecule has 1 aromatic heterocycles. The Balaban J connectivity index is 1.45.